The maximum Gasteiger partial charge on any atom is 0.116 e. The Morgan fingerprint density at radius 2 is 1.82 bits per heavy atom. The molecule has 1 aromatic rings. The van der Waals surface area contributed by atoms with Crippen molar-refractivity contribution in [2.24, 2.45) is 11.8 Å². The van der Waals surface area contributed by atoms with E-state index in [1.165, 1.54) is 32.4 Å². The van der Waals surface area contributed by atoms with Crippen LogP contribution in [0.15, 0.2) is 30.3 Å². The van der Waals surface area contributed by atoms with Crippen LogP contribution in [0.5, 0.6) is 0 Å². The Labute approximate surface area is 133 Å². The lowest BCUT2D eigenvalue weighted by atomic mass is 9.70. The lowest BCUT2D eigenvalue weighted by molar-refractivity contribution is -0.155. The lowest BCUT2D eigenvalue weighted by Gasteiger charge is -2.47. The van der Waals surface area contributed by atoms with Crippen molar-refractivity contribution in [2.45, 2.75) is 43.8 Å². The average Bonchev–Trinajstić information content (AvgIpc) is 2.53. The summed E-state index contributed by atoms with van der Waals surface area (Å²) in [6, 6.07) is 10.2. The zero-order valence-corrected chi connectivity index (χ0v) is 13.3. The molecule has 3 nitrogen and oxygen atoms in total. The van der Waals surface area contributed by atoms with Crippen molar-refractivity contribution < 1.29 is 9.84 Å². The summed E-state index contributed by atoms with van der Waals surface area (Å²) in [6.45, 7) is 3.98. The highest BCUT2D eigenvalue weighted by Gasteiger charge is 2.43. The van der Waals surface area contributed by atoms with Gasteiger partial charge in [0.1, 0.15) is 5.60 Å². The zero-order valence-electron chi connectivity index (χ0n) is 13.3. The van der Waals surface area contributed by atoms with Crippen molar-refractivity contribution in [1.29, 1.82) is 0 Å². The first-order chi connectivity index (χ1) is 10.8. The third kappa shape index (κ3) is 2.60. The van der Waals surface area contributed by atoms with E-state index in [9.17, 15) is 5.11 Å². The highest BCUT2D eigenvalue weighted by atomic mass is 16.5. The molecule has 2 bridgehead atoms. The van der Waals surface area contributed by atoms with Crippen LogP contribution in [0.25, 0.3) is 0 Å². The predicted molar refractivity (Wildman–Crippen MR) is 86.6 cm³/mol. The van der Waals surface area contributed by atoms with Crippen LogP contribution in [0.4, 0.5) is 0 Å². The van der Waals surface area contributed by atoms with Crippen LogP contribution in [0.2, 0.25) is 0 Å². The Hall–Kier alpha value is -0.900. The Kier molecular flexibility index (Phi) is 3.97. The molecule has 1 aliphatic carbocycles. The second-order valence-electron chi connectivity index (χ2n) is 7.41. The first-order valence-electron chi connectivity index (χ1n) is 8.87. The molecule has 1 saturated carbocycles. The molecule has 3 saturated heterocycles. The van der Waals surface area contributed by atoms with Crippen molar-refractivity contribution in [2.75, 3.05) is 26.2 Å². The van der Waals surface area contributed by atoms with Crippen LogP contribution in [0.1, 0.15) is 37.7 Å². The molecule has 0 unspecified atom stereocenters. The average molecular weight is 301 g/mol. The molecular weight excluding hydrogens is 274 g/mol. The Morgan fingerprint density at radius 1 is 1.09 bits per heavy atom. The fraction of sp³-hybridized carbons (Fsp3) is 0.684. The van der Waals surface area contributed by atoms with Crippen molar-refractivity contribution in [3.8, 4) is 0 Å². The molecular formula is C19H27NO2. The minimum absolute atomic E-state index is 0.317. The molecule has 3 heteroatoms. The van der Waals surface area contributed by atoms with Gasteiger partial charge in [0, 0.05) is 6.54 Å². The maximum atomic E-state index is 11.4. The second-order valence-corrected chi connectivity index (χ2v) is 7.41. The molecule has 0 radical (unpaired) electrons. The van der Waals surface area contributed by atoms with E-state index in [0.717, 1.165) is 24.9 Å². The van der Waals surface area contributed by atoms with E-state index in [-0.39, 0.29) is 0 Å². The van der Waals surface area contributed by atoms with Gasteiger partial charge >= 0.3 is 0 Å². The van der Waals surface area contributed by atoms with Gasteiger partial charge in [-0.05, 0) is 56.2 Å². The number of hydrogen-bond donors (Lipinski definition) is 1. The highest BCUT2D eigenvalue weighted by molar-refractivity contribution is 5.24. The summed E-state index contributed by atoms with van der Waals surface area (Å²) < 4.78 is 6.30. The van der Waals surface area contributed by atoms with E-state index >= 15 is 0 Å². The van der Waals surface area contributed by atoms with Crippen molar-refractivity contribution >= 4 is 0 Å². The van der Waals surface area contributed by atoms with Gasteiger partial charge in [-0.15, -0.1) is 0 Å². The topological polar surface area (TPSA) is 32.7 Å². The standard InChI is InChI=1S/C19H27NO2/c21-19(17-7-4-8-17,16-5-2-1-3-6-16)14-22-18-13-20-11-9-15(18)10-12-20/h1-3,5-6,15,17-18,21H,4,7-14H2/t18-,19-/m1/s1. The van der Waals surface area contributed by atoms with Crippen LogP contribution < -0.4 is 0 Å². The molecule has 2 atom stereocenters. The Morgan fingerprint density at radius 3 is 2.36 bits per heavy atom. The van der Waals surface area contributed by atoms with Crippen molar-refractivity contribution in [3.05, 3.63) is 35.9 Å². The highest BCUT2D eigenvalue weighted by Crippen LogP contribution is 2.43. The number of benzene rings is 1. The molecule has 4 aliphatic rings. The summed E-state index contributed by atoms with van der Waals surface area (Å²) in [4.78, 5) is 2.51. The lowest BCUT2D eigenvalue weighted by Crippen LogP contribution is -2.53. The second kappa shape index (κ2) is 5.95. The summed E-state index contributed by atoms with van der Waals surface area (Å²) in [7, 11) is 0. The third-order valence-electron chi connectivity index (χ3n) is 6.17. The predicted octanol–water partition coefficient (Wildman–Crippen LogP) is 2.79. The van der Waals surface area contributed by atoms with E-state index < -0.39 is 5.60 Å². The monoisotopic (exact) mass is 301 g/mol. The molecule has 1 N–H and O–H groups in total. The number of fused-ring (bicyclic) bond motifs is 3. The maximum absolute atomic E-state index is 11.4. The molecule has 5 rings (SSSR count). The Balaban J connectivity index is 1.47. The molecule has 3 heterocycles. The number of hydrogen-bond acceptors (Lipinski definition) is 3. The van der Waals surface area contributed by atoms with Gasteiger partial charge in [-0.3, -0.25) is 0 Å². The quantitative estimate of drug-likeness (QED) is 0.908. The van der Waals surface area contributed by atoms with Crippen molar-refractivity contribution in [3.63, 3.8) is 0 Å². The minimum Gasteiger partial charge on any atom is -0.382 e. The van der Waals surface area contributed by atoms with E-state index in [1.807, 2.05) is 18.2 Å². The van der Waals surface area contributed by atoms with Crippen LogP contribution in [-0.2, 0) is 10.3 Å². The van der Waals surface area contributed by atoms with Crippen LogP contribution in [0.3, 0.4) is 0 Å². The zero-order chi connectivity index (χ0) is 15.0. The van der Waals surface area contributed by atoms with E-state index in [4.69, 9.17) is 4.74 Å². The third-order valence-corrected chi connectivity index (χ3v) is 6.17. The number of nitrogens with zero attached hydrogens (tertiary/aromatic N) is 1. The van der Waals surface area contributed by atoms with Crippen LogP contribution in [-0.4, -0.2) is 42.4 Å². The normalized spacial score (nSPS) is 34.1. The first-order valence-corrected chi connectivity index (χ1v) is 8.87. The van der Waals surface area contributed by atoms with Gasteiger partial charge < -0.3 is 14.7 Å². The van der Waals surface area contributed by atoms with Gasteiger partial charge in [-0.2, -0.15) is 0 Å². The van der Waals surface area contributed by atoms with Gasteiger partial charge in [0.25, 0.3) is 0 Å². The molecule has 0 amide bonds. The van der Waals surface area contributed by atoms with E-state index in [0.29, 0.717) is 24.5 Å². The fourth-order valence-corrected chi connectivity index (χ4v) is 4.38. The van der Waals surface area contributed by atoms with Crippen LogP contribution >= 0.6 is 0 Å². The molecule has 0 spiro atoms. The molecule has 4 fully saturated rings. The van der Waals surface area contributed by atoms with Gasteiger partial charge in [-0.1, -0.05) is 36.8 Å². The van der Waals surface area contributed by atoms with Gasteiger partial charge in [0.15, 0.2) is 0 Å². The summed E-state index contributed by atoms with van der Waals surface area (Å²) in [6.07, 6.45) is 6.32. The van der Waals surface area contributed by atoms with Gasteiger partial charge in [0.2, 0.25) is 0 Å². The van der Waals surface area contributed by atoms with Crippen molar-refractivity contribution in [1.82, 2.24) is 4.90 Å². The van der Waals surface area contributed by atoms with Gasteiger partial charge in [0.05, 0.1) is 12.7 Å². The number of ether oxygens (including phenoxy) is 1. The number of aliphatic hydroxyl groups is 1. The smallest absolute Gasteiger partial charge is 0.116 e. The number of piperidine rings is 3. The molecule has 0 aromatic heterocycles. The molecule has 120 valence electrons. The molecule has 1 aromatic carbocycles. The largest absolute Gasteiger partial charge is 0.382 e. The fourth-order valence-electron chi connectivity index (χ4n) is 4.38. The SMILES string of the molecule is O[C@](CO[C@@H]1CN2CCC1CC2)(c1ccccc1)C1CCC1. The van der Waals surface area contributed by atoms with E-state index in [1.54, 1.807) is 0 Å². The molecule has 22 heavy (non-hydrogen) atoms. The minimum atomic E-state index is -0.800. The first kappa shape index (κ1) is 14.7. The van der Waals surface area contributed by atoms with E-state index in [2.05, 4.69) is 17.0 Å². The van der Waals surface area contributed by atoms with Crippen LogP contribution in [0, 0.1) is 11.8 Å². The van der Waals surface area contributed by atoms with Gasteiger partial charge in [-0.25, -0.2) is 0 Å². The Bertz CT molecular complexity index is 493. The summed E-state index contributed by atoms with van der Waals surface area (Å²) in [5.74, 6) is 1.06. The number of rotatable bonds is 5. The summed E-state index contributed by atoms with van der Waals surface area (Å²) in [5, 5.41) is 11.4. The summed E-state index contributed by atoms with van der Waals surface area (Å²) in [5.41, 5.74) is 0.229. The summed E-state index contributed by atoms with van der Waals surface area (Å²) >= 11 is 0. The molecule has 3 aliphatic heterocycles.